The monoisotopic (exact) mass is 254 g/mol. The molecule has 0 aliphatic rings. The Hall–Kier alpha value is -1.22. The Morgan fingerprint density at radius 3 is 2.71 bits per heavy atom. The van der Waals surface area contributed by atoms with Gasteiger partial charge in [0.1, 0.15) is 0 Å². The second-order valence-corrected chi connectivity index (χ2v) is 4.85. The molecule has 0 radical (unpaired) electrons. The summed E-state index contributed by atoms with van der Waals surface area (Å²) in [5.41, 5.74) is 1.98. The van der Waals surface area contributed by atoms with Crippen LogP contribution in [0.4, 0.5) is 5.69 Å². The first kappa shape index (κ1) is 13.8. The van der Waals surface area contributed by atoms with E-state index in [1.54, 1.807) is 11.9 Å². The molecule has 0 saturated carbocycles. The number of nitrogens with one attached hydrogen (secondary N) is 1. The third-order valence-electron chi connectivity index (χ3n) is 2.80. The minimum absolute atomic E-state index is 0.0689. The van der Waals surface area contributed by atoms with E-state index in [1.165, 1.54) is 0 Å². The minimum atomic E-state index is 0.0689. The van der Waals surface area contributed by atoms with Crippen molar-refractivity contribution in [2.75, 3.05) is 18.9 Å². The van der Waals surface area contributed by atoms with E-state index in [-0.39, 0.29) is 18.5 Å². The Bertz CT molecular complexity index is 404. The number of aryl methyl sites for hydroxylation is 1. The number of benzene rings is 1. The molecule has 1 aromatic carbocycles. The highest BCUT2D eigenvalue weighted by molar-refractivity contribution is 6.30. The van der Waals surface area contributed by atoms with Crippen LogP contribution in [0.3, 0.4) is 0 Å². The zero-order valence-electron chi connectivity index (χ0n) is 10.7. The van der Waals surface area contributed by atoms with Crippen LogP contribution in [-0.2, 0) is 4.79 Å². The predicted molar refractivity (Wildman–Crippen MR) is 72.6 cm³/mol. The summed E-state index contributed by atoms with van der Waals surface area (Å²) >= 11 is 5.91. The molecule has 0 aliphatic carbocycles. The number of carbonyl (C=O) groups excluding carboxylic acids is 1. The van der Waals surface area contributed by atoms with Crippen LogP contribution in [0.25, 0.3) is 0 Å². The van der Waals surface area contributed by atoms with Gasteiger partial charge in [0.25, 0.3) is 0 Å². The maximum atomic E-state index is 11.8. The number of nitrogens with zero attached hydrogens (tertiary/aromatic N) is 1. The molecule has 0 spiro atoms. The second-order valence-electron chi connectivity index (χ2n) is 4.41. The average Bonchev–Trinajstić information content (AvgIpc) is 2.28. The molecule has 0 bridgehead atoms. The Balaban J connectivity index is 2.61. The maximum Gasteiger partial charge on any atom is 0.241 e. The molecule has 0 atom stereocenters. The molecular weight excluding hydrogens is 236 g/mol. The van der Waals surface area contributed by atoms with E-state index >= 15 is 0 Å². The van der Waals surface area contributed by atoms with Crippen molar-refractivity contribution in [3.63, 3.8) is 0 Å². The third-order valence-corrected chi connectivity index (χ3v) is 3.03. The Morgan fingerprint density at radius 2 is 2.12 bits per heavy atom. The summed E-state index contributed by atoms with van der Waals surface area (Å²) in [6.07, 6.45) is 0. The summed E-state index contributed by atoms with van der Waals surface area (Å²) in [6, 6.07) is 5.81. The van der Waals surface area contributed by atoms with Gasteiger partial charge in [0, 0.05) is 23.8 Å². The topological polar surface area (TPSA) is 32.3 Å². The smallest absolute Gasteiger partial charge is 0.241 e. The lowest BCUT2D eigenvalue weighted by atomic mass is 10.2. The molecule has 17 heavy (non-hydrogen) atoms. The predicted octanol–water partition coefficient (Wildman–Crippen LogP) is 2.93. The molecule has 3 nitrogen and oxygen atoms in total. The number of hydrogen-bond acceptors (Lipinski definition) is 2. The number of likely N-dealkylation sites (N-methyl/N-ethyl adjacent to an activating group) is 1. The lowest BCUT2D eigenvalue weighted by Gasteiger charge is -2.22. The van der Waals surface area contributed by atoms with Crippen LogP contribution in [0.5, 0.6) is 0 Å². The molecule has 1 rings (SSSR count). The average molecular weight is 255 g/mol. The van der Waals surface area contributed by atoms with E-state index < -0.39 is 0 Å². The van der Waals surface area contributed by atoms with Crippen LogP contribution in [-0.4, -0.2) is 30.4 Å². The summed E-state index contributed by atoms with van der Waals surface area (Å²) in [6.45, 7) is 6.25. The zero-order valence-corrected chi connectivity index (χ0v) is 11.5. The first-order valence-corrected chi connectivity index (χ1v) is 6.05. The van der Waals surface area contributed by atoms with Crippen LogP contribution in [0.2, 0.25) is 5.02 Å². The van der Waals surface area contributed by atoms with Gasteiger partial charge in [0.2, 0.25) is 5.91 Å². The van der Waals surface area contributed by atoms with Crippen LogP contribution >= 0.6 is 11.6 Å². The molecule has 4 heteroatoms. The fourth-order valence-electron chi connectivity index (χ4n) is 1.37. The van der Waals surface area contributed by atoms with Gasteiger partial charge in [-0.15, -0.1) is 0 Å². The highest BCUT2D eigenvalue weighted by atomic mass is 35.5. The summed E-state index contributed by atoms with van der Waals surface area (Å²) in [4.78, 5) is 13.5. The summed E-state index contributed by atoms with van der Waals surface area (Å²) in [5.74, 6) is 0.0689. The molecule has 1 N–H and O–H groups in total. The van der Waals surface area contributed by atoms with Crippen molar-refractivity contribution in [2.45, 2.75) is 26.8 Å². The normalized spacial score (nSPS) is 10.5. The fraction of sp³-hybridized carbons (Fsp3) is 0.462. The van der Waals surface area contributed by atoms with Crippen LogP contribution in [0, 0.1) is 6.92 Å². The third kappa shape index (κ3) is 3.93. The first-order valence-electron chi connectivity index (χ1n) is 5.67. The Kier molecular flexibility index (Phi) is 4.82. The number of anilines is 1. The van der Waals surface area contributed by atoms with Gasteiger partial charge in [-0.05, 0) is 38.5 Å². The number of halogens is 1. The molecule has 94 valence electrons. The van der Waals surface area contributed by atoms with Crippen molar-refractivity contribution in [3.8, 4) is 0 Å². The molecule has 0 heterocycles. The van der Waals surface area contributed by atoms with Crippen molar-refractivity contribution in [2.24, 2.45) is 0 Å². The molecule has 1 aromatic rings. The molecule has 0 aliphatic heterocycles. The molecular formula is C13H19ClN2O. The van der Waals surface area contributed by atoms with Crippen molar-refractivity contribution in [1.82, 2.24) is 4.90 Å². The Morgan fingerprint density at radius 1 is 1.47 bits per heavy atom. The quantitative estimate of drug-likeness (QED) is 0.896. The first-order chi connectivity index (χ1) is 7.91. The molecule has 0 aromatic heterocycles. The summed E-state index contributed by atoms with van der Waals surface area (Å²) in [5, 5.41) is 3.78. The van der Waals surface area contributed by atoms with E-state index in [0.29, 0.717) is 5.02 Å². The van der Waals surface area contributed by atoms with Crippen molar-refractivity contribution in [1.29, 1.82) is 0 Å². The maximum absolute atomic E-state index is 11.8. The fourth-order valence-corrected chi connectivity index (χ4v) is 1.54. The lowest BCUT2D eigenvalue weighted by Crippen LogP contribution is -2.37. The van der Waals surface area contributed by atoms with E-state index in [1.807, 2.05) is 39.0 Å². The number of hydrogen-bond donors (Lipinski definition) is 1. The van der Waals surface area contributed by atoms with E-state index in [9.17, 15) is 4.79 Å². The van der Waals surface area contributed by atoms with Gasteiger partial charge in [-0.2, -0.15) is 0 Å². The SMILES string of the molecule is Cc1ccc(Cl)cc1NCC(=O)N(C)C(C)C. The molecule has 0 fully saturated rings. The lowest BCUT2D eigenvalue weighted by molar-refractivity contribution is -0.129. The molecule has 0 saturated heterocycles. The van der Waals surface area contributed by atoms with E-state index in [2.05, 4.69) is 5.32 Å². The van der Waals surface area contributed by atoms with Gasteiger partial charge in [0.05, 0.1) is 6.54 Å². The largest absolute Gasteiger partial charge is 0.376 e. The second kappa shape index (κ2) is 5.92. The van der Waals surface area contributed by atoms with Gasteiger partial charge < -0.3 is 10.2 Å². The molecule has 1 amide bonds. The highest BCUT2D eigenvalue weighted by Gasteiger charge is 2.11. The van der Waals surface area contributed by atoms with E-state index in [4.69, 9.17) is 11.6 Å². The van der Waals surface area contributed by atoms with Crippen molar-refractivity contribution in [3.05, 3.63) is 28.8 Å². The van der Waals surface area contributed by atoms with Gasteiger partial charge in [-0.3, -0.25) is 4.79 Å². The van der Waals surface area contributed by atoms with Gasteiger partial charge in [-0.25, -0.2) is 0 Å². The van der Waals surface area contributed by atoms with Crippen molar-refractivity contribution >= 4 is 23.2 Å². The van der Waals surface area contributed by atoms with Gasteiger partial charge in [-0.1, -0.05) is 17.7 Å². The molecule has 0 unspecified atom stereocenters. The number of carbonyl (C=O) groups is 1. The highest BCUT2D eigenvalue weighted by Crippen LogP contribution is 2.19. The van der Waals surface area contributed by atoms with Crippen LogP contribution < -0.4 is 5.32 Å². The standard InChI is InChI=1S/C13H19ClN2O/c1-9(2)16(4)13(17)8-15-12-7-11(14)6-5-10(12)3/h5-7,9,15H,8H2,1-4H3. The van der Waals surface area contributed by atoms with E-state index in [0.717, 1.165) is 11.3 Å². The number of amides is 1. The minimum Gasteiger partial charge on any atom is -0.376 e. The summed E-state index contributed by atoms with van der Waals surface area (Å²) in [7, 11) is 1.81. The summed E-state index contributed by atoms with van der Waals surface area (Å²) < 4.78 is 0. The van der Waals surface area contributed by atoms with Crippen LogP contribution in [0.1, 0.15) is 19.4 Å². The Labute approximate surface area is 108 Å². The number of rotatable bonds is 4. The van der Waals surface area contributed by atoms with Gasteiger partial charge in [0.15, 0.2) is 0 Å². The van der Waals surface area contributed by atoms with Gasteiger partial charge >= 0.3 is 0 Å². The zero-order chi connectivity index (χ0) is 13.0. The van der Waals surface area contributed by atoms with Crippen molar-refractivity contribution < 1.29 is 4.79 Å². The van der Waals surface area contributed by atoms with Crippen LogP contribution in [0.15, 0.2) is 18.2 Å².